The van der Waals surface area contributed by atoms with Gasteiger partial charge in [0, 0.05) is 32.8 Å². The minimum absolute atomic E-state index is 0.175. The summed E-state index contributed by atoms with van der Waals surface area (Å²) in [4.78, 5) is 17.8. The van der Waals surface area contributed by atoms with E-state index in [0.29, 0.717) is 17.8 Å². The Morgan fingerprint density at radius 3 is 2.43 bits per heavy atom. The highest BCUT2D eigenvalue weighted by atomic mass is 16.5. The molecule has 0 amide bonds. The van der Waals surface area contributed by atoms with Gasteiger partial charge in [0.15, 0.2) is 0 Å². The molecule has 2 aliphatic rings. The second-order valence-corrected chi connectivity index (χ2v) is 5.58. The fourth-order valence-electron chi connectivity index (χ4n) is 2.79. The first-order valence-corrected chi connectivity index (χ1v) is 7.60. The summed E-state index contributed by atoms with van der Waals surface area (Å²) in [6, 6.07) is 0. The van der Waals surface area contributed by atoms with Gasteiger partial charge in [-0.05, 0) is 26.2 Å². The van der Waals surface area contributed by atoms with Crippen LogP contribution in [0, 0.1) is 0 Å². The highest BCUT2D eigenvalue weighted by molar-refractivity contribution is 5.45. The molecule has 21 heavy (non-hydrogen) atoms. The van der Waals surface area contributed by atoms with Crippen LogP contribution in [-0.4, -0.2) is 53.8 Å². The lowest BCUT2D eigenvalue weighted by Gasteiger charge is -2.24. The lowest BCUT2D eigenvalue weighted by Crippen LogP contribution is -2.33. The number of rotatable bonds is 3. The van der Waals surface area contributed by atoms with Crippen LogP contribution in [-0.2, 0) is 4.74 Å². The van der Waals surface area contributed by atoms with Crippen LogP contribution in [0.25, 0.3) is 0 Å². The van der Waals surface area contributed by atoms with Crippen molar-refractivity contribution in [3.05, 3.63) is 0 Å². The fourth-order valence-corrected chi connectivity index (χ4v) is 2.79. The SMILES string of the molecule is CC1CN(c2nc(NN)nc(N3CCCC3)n2)CCCO1. The van der Waals surface area contributed by atoms with Crippen LogP contribution in [0.1, 0.15) is 26.2 Å². The van der Waals surface area contributed by atoms with Crippen molar-refractivity contribution in [3.8, 4) is 0 Å². The summed E-state index contributed by atoms with van der Waals surface area (Å²) in [5.41, 5.74) is 2.55. The molecule has 116 valence electrons. The maximum atomic E-state index is 5.68. The number of nitrogens with one attached hydrogen (secondary N) is 1. The minimum atomic E-state index is 0.175. The molecule has 1 unspecified atom stereocenters. The van der Waals surface area contributed by atoms with Crippen molar-refractivity contribution in [3.63, 3.8) is 0 Å². The number of nitrogen functional groups attached to an aromatic ring is 1. The normalized spacial score (nSPS) is 23.2. The van der Waals surface area contributed by atoms with Gasteiger partial charge in [-0.25, -0.2) is 5.84 Å². The topological polar surface area (TPSA) is 92.4 Å². The van der Waals surface area contributed by atoms with Crippen molar-refractivity contribution in [2.75, 3.05) is 48.0 Å². The molecule has 3 rings (SSSR count). The van der Waals surface area contributed by atoms with E-state index >= 15 is 0 Å². The molecule has 3 heterocycles. The Bertz CT molecular complexity index is 478. The van der Waals surface area contributed by atoms with Gasteiger partial charge in [0.2, 0.25) is 17.8 Å². The predicted octanol–water partition coefficient (Wildman–Crippen LogP) is 0.373. The van der Waals surface area contributed by atoms with Gasteiger partial charge in [0.25, 0.3) is 0 Å². The standard InChI is InChI=1S/C13H23N7O/c1-10-9-20(7-4-8-21-10)13-16-11(18-14)15-12(17-13)19-5-2-3-6-19/h10H,2-9,14H2,1H3,(H,15,16,17,18). The van der Waals surface area contributed by atoms with E-state index in [1.165, 1.54) is 12.8 Å². The maximum Gasteiger partial charge on any atom is 0.243 e. The van der Waals surface area contributed by atoms with Gasteiger partial charge < -0.3 is 14.5 Å². The Morgan fingerprint density at radius 1 is 1.05 bits per heavy atom. The quantitative estimate of drug-likeness (QED) is 0.610. The van der Waals surface area contributed by atoms with Crippen LogP contribution in [0.2, 0.25) is 0 Å². The molecule has 0 aromatic carbocycles. The molecule has 2 aliphatic heterocycles. The van der Waals surface area contributed by atoms with Gasteiger partial charge in [0.05, 0.1) is 6.10 Å². The van der Waals surface area contributed by atoms with E-state index in [1.54, 1.807) is 0 Å². The number of aromatic nitrogens is 3. The third kappa shape index (κ3) is 3.33. The first-order valence-electron chi connectivity index (χ1n) is 7.60. The van der Waals surface area contributed by atoms with Crippen molar-refractivity contribution < 1.29 is 4.74 Å². The molecule has 0 radical (unpaired) electrons. The van der Waals surface area contributed by atoms with E-state index in [4.69, 9.17) is 10.6 Å². The third-order valence-electron chi connectivity index (χ3n) is 3.86. The van der Waals surface area contributed by atoms with E-state index in [0.717, 1.165) is 39.2 Å². The Kier molecular flexibility index (Phi) is 4.35. The number of nitrogens with zero attached hydrogens (tertiary/aromatic N) is 5. The zero-order valence-corrected chi connectivity index (χ0v) is 12.5. The largest absolute Gasteiger partial charge is 0.377 e. The summed E-state index contributed by atoms with van der Waals surface area (Å²) < 4.78 is 5.68. The summed E-state index contributed by atoms with van der Waals surface area (Å²) in [6.07, 6.45) is 3.51. The Balaban J connectivity index is 1.87. The van der Waals surface area contributed by atoms with Crippen molar-refractivity contribution in [2.24, 2.45) is 5.84 Å². The molecule has 0 bridgehead atoms. The molecular formula is C13H23N7O. The molecule has 1 aromatic rings. The Labute approximate surface area is 124 Å². The number of nitrogens with two attached hydrogens (primary N) is 1. The van der Waals surface area contributed by atoms with Crippen LogP contribution in [0.5, 0.6) is 0 Å². The third-order valence-corrected chi connectivity index (χ3v) is 3.86. The van der Waals surface area contributed by atoms with Gasteiger partial charge >= 0.3 is 0 Å². The molecule has 3 N–H and O–H groups in total. The van der Waals surface area contributed by atoms with Gasteiger partial charge in [-0.15, -0.1) is 0 Å². The van der Waals surface area contributed by atoms with Gasteiger partial charge in [-0.3, -0.25) is 5.43 Å². The van der Waals surface area contributed by atoms with Crippen LogP contribution in [0.4, 0.5) is 17.8 Å². The molecule has 8 heteroatoms. The summed E-state index contributed by atoms with van der Waals surface area (Å²) in [5.74, 6) is 7.32. The van der Waals surface area contributed by atoms with Crippen molar-refractivity contribution in [1.82, 2.24) is 15.0 Å². The summed E-state index contributed by atoms with van der Waals surface area (Å²) in [7, 11) is 0. The zero-order valence-electron chi connectivity index (χ0n) is 12.5. The van der Waals surface area contributed by atoms with Crippen molar-refractivity contribution in [1.29, 1.82) is 0 Å². The summed E-state index contributed by atoms with van der Waals surface area (Å²) >= 11 is 0. The predicted molar refractivity (Wildman–Crippen MR) is 81.3 cm³/mol. The molecule has 0 spiro atoms. The number of hydrogen-bond acceptors (Lipinski definition) is 8. The van der Waals surface area contributed by atoms with Crippen LogP contribution in [0.3, 0.4) is 0 Å². The monoisotopic (exact) mass is 293 g/mol. The Hall–Kier alpha value is -1.67. The highest BCUT2D eigenvalue weighted by Gasteiger charge is 2.22. The first kappa shape index (κ1) is 14.3. The molecule has 2 saturated heterocycles. The number of hydrazine groups is 1. The smallest absolute Gasteiger partial charge is 0.243 e. The van der Waals surface area contributed by atoms with E-state index in [-0.39, 0.29) is 6.10 Å². The van der Waals surface area contributed by atoms with Gasteiger partial charge in [-0.2, -0.15) is 15.0 Å². The molecule has 1 atom stereocenters. The average Bonchev–Trinajstić information content (AvgIpc) is 2.96. The van der Waals surface area contributed by atoms with E-state index in [9.17, 15) is 0 Å². The first-order chi connectivity index (χ1) is 10.3. The number of anilines is 3. The highest BCUT2D eigenvalue weighted by Crippen LogP contribution is 2.21. The van der Waals surface area contributed by atoms with Crippen LogP contribution >= 0.6 is 0 Å². The van der Waals surface area contributed by atoms with Gasteiger partial charge in [0.1, 0.15) is 0 Å². The molecular weight excluding hydrogens is 270 g/mol. The number of ether oxygens (including phenoxy) is 1. The average molecular weight is 293 g/mol. The van der Waals surface area contributed by atoms with E-state index in [2.05, 4.69) is 37.1 Å². The fraction of sp³-hybridized carbons (Fsp3) is 0.769. The molecule has 2 fully saturated rings. The molecule has 1 aromatic heterocycles. The van der Waals surface area contributed by atoms with Crippen molar-refractivity contribution >= 4 is 17.8 Å². The van der Waals surface area contributed by atoms with Crippen LogP contribution < -0.4 is 21.1 Å². The summed E-state index contributed by atoms with van der Waals surface area (Å²) in [5, 5.41) is 0. The second kappa shape index (κ2) is 6.40. The zero-order chi connectivity index (χ0) is 14.7. The lowest BCUT2D eigenvalue weighted by molar-refractivity contribution is 0.0820. The molecule has 0 saturated carbocycles. The lowest BCUT2D eigenvalue weighted by atomic mass is 10.3. The maximum absolute atomic E-state index is 5.68. The summed E-state index contributed by atoms with van der Waals surface area (Å²) in [6.45, 7) is 6.51. The molecule has 8 nitrogen and oxygen atoms in total. The Morgan fingerprint density at radius 2 is 1.71 bits per heavy atom. The van der Waals surface area contributed by atoms with Gasteiger partial charge in [-0.1, -0.05) is 0 Å². The van der Waals surface area contributed by atoms with Crippen molar-refractivity contribution in [2.45, 2.75) is 32.3 Å². The van der Waals surface area contributed by atoms with E-state index in [1.807, 2.05) is 0 Å². The second-order valence-electron chi connectivity index (χ2n) is 5.58. The van der Waals surface area contributed by atoms with Crippen LogP contribution in [0.15, 0.2) is 0 Å². The molecule has 0 aliphatic carbocycles. The van der Waals surface area contributed by atoms with E-state index < -0.39 is 0 Å². The minimum Gasteiger partial charge on any atom is -0.377 e. The number of hydrogen-bond donors (Lipinski definition) is 2.